The molecule has 0 saturated carbocycles. The Hall–Kier alpha value is -2.67. The zero-order valence-electron chi connectivity index (χ0n) is 21.1. The van der Waals surface area contributed by atoms with Crippen molar-refractivity contribution in [3.63, 3.8) is 0 Å². The van der Waals surface area contributed by atoms with Crippen LogP contribution in [-0.4, -0.2) is 41.9 Å². The van der Waals surface area contributed by atoms with Gasteiger partial charge in [0, 0.05) is 17.6 Å². The van der Waals surface area contributed by atoms with Crippen LogP contribution in [0, 0.1) is 0 Å². The number of halogens is 1. The van der Waals surface area contributed by atoms with Crippen molar-refractivity contribution in [2.75, 3.05) is 18.0 Å². The van der Waals surface area contributed by atoms with Crippen molar-refractivity contribution in [1.29, 1.82) is 0 Å². The number of rotatable bonds is 4. The molecule has 0 aromatic heterocycles. The fourth-order valence-corrected chi connectivity index (χ4v) is 5.51. The van der Waals surface area contributed by atoms with Crippen LogP contribution in [0.4, 0.5) is 16.2 Å². The van der Waals surface area contributed by atoms with Crippen LogP contribution >= 0.6 is 15.9 Å². The summed E-state index contributed by atoms with van der Waals surface area (Å²) in [4.78, 5) is 41.5. The number of likely N-dealkylation sites (tertiary alicyclic amines) is 1. The molecular formula is C28H33BrN2O4. The Morgan fingerprint density at radius 2 is 1.86 bits per heavy atom. The van der Waals surface area contributed by atoms with Gasteiger partial charge in [-0.2, -0.15) is 0 Å². The molecule has 0 aliphatic carbocycles. The average Bonchev–Trinajstić information content (AvgIpc) is 3.04. The van der Waals surface area contributed by atoms with Gasteiger partial charge in [-0.15, -0.1) is 0 Å². The number of benzene rings is 2. The summed E-state index contributed by atoms with van der Waals surface area (Å²) < 4.78 is 6.19. The lowest BCUT2D eigenvalue weighted by molar-refractivity contribution is -0.122. The van der Waals surface area contributed by atoms with Crippen molar-refractivity contribution in [1.82, 2.24) is 4.90 Å². The number of hydrogen-bond donors (Lipinski definition) is 0. The van der Waals surface area contributed by atoms with E-state index in [1.807, 2.05) is 52.8 Å². The highest BCUT2D eigenvalue weighted by molar-refractivity contribution is 9.10. The van der Waals surface area contributed by atoms with E-state index in [0.717, 1.165) is 30.4 Å². The highest BCUT2D eigenvalue weighted by Gasteiger charge is 2.47. The van der Waals surface area contributed by atoms with Crippen molar-refractivity contribution in [2.45, 2.75) is 70.8 Å². The Labute approximate surface area is 215 Å². The van der Waals surface area contributed by atoms with Gasteiger partial charge < -0.3 is 9.64 Å². The van der Waals surface area contributed by atoms with Crippen LogP contribution in [0.15, 0.2) is 40.9 Å². The number of piperidine rings is 1. The normalized spacial score (nSPS) is 20.7. The van der Waals surface area contributed by atoms with E-state index in [1.165, 1.54) is 5.56 Å². The quantitative estimate of drug-likeness (QED) is 0.403. The van der Waals surface area contributed by atoms with Crippen LogP contribution < -0.4 is 4.90 Å². The SMILES string of the molecule is CCC1(C)C(=O)N(c2cccc(Br)c2C=O)c2ccc(C3CCN(C(=O)OC(C)(C)C)CC3)cc21. The standard InChI is InChI=1S/C28H33BrN2O4/c1-6-28(5)21-16-19(18-12-14-30(15-13-18)26(34)35-27(2,3)4)10-11-24(21)31(25(28)33)23-9-7-8-22(29)20(23)17-32/h7-11,16-18H,6,12-15H2,1-5H3. The molecule has 35 heavy (non-hydrogen) atoms. The van der Waals surface area contributed by atoms with Gasteiger partial charge in [0.1, 0.15) is 5.60 Å². The van der Waals surface area contributed by atoms with E-state index in [1.54, 1.807) is 15.9 Å². The Balaban J connectivity index is 1.63. The Morgan fingerprint density at radius 3 is 2.46 bits per heavy atom. The predicted octanol–water partition coefficient (Wildman–Crippen LogP) is 6.72. The number of fused-ring (bicyclic) bond motifs is 1. The molecule has 0 N–H and O–H groups in total. The highest BCUT2D eigenvalue weighted by Crippen LogP contribution is 2.49. The molecule has 4 rings (SSSR count). The third-order valence-electron chi connectivity index (χ3n) is 7.24. The molecule has 2 aliphatic rings. The molecular weight excluding hydrogens is 508 g/mol. The molecule has 2 aromatic carbocycles. The molecule has 1 unspecified atom stereocenters. The van der Waals surface area contributed by atoms with Crippen molar-refractivity contribution < 1.29 is 19.1 Å². The summed E-state index contributed by atoms with van der Waals surface area (Å²) in [7, 11) is 0. The van der Waals surface area contributed by atoms with E-state index in [0.29, 0.717) is 41.2 Å². The second-order valence-electron chi connectivity index (χ2n) is 10.6. The zero-order valence-corrected chi connectivity index (χ0v) is 22.6. The summed E-state index contributed by atoms with van der Waals surface area (Å²) in [6.07, 6.45) is 2.88. The van der Waals surface area contributed by atoms with Crippen LogP contribution in [-0.2, 0) is 14.9 Å². The lowest BCUT2D eigenvalue weighted by Gasteiger charge is -2.34. The predicted molar refractivity (Wildman–Crippen MR) is 141 cm³/mol. The van der Waals surface area contributed by atoms with Gasteiger partial charge in [-0.3, -0.25) is 14.5 Å². The molecule has 2 heterocycles. The molecule has 0 radical (unpaired) electrons. The van der Waals surface area contributed by atoms with Crippen LogP contribution in [0.1, 0.15) is 81.3 Å². The van der Waals surface area contributed by atoms with Crippen LogP contribution in [0.5, 0.6) is 0 Å². The summed E-state index contributed by atoms with van der Waals surface area (Å²) in [6, 6.07) is 11.7. The first-order valence-electron chi connectivity index (χ1n) is 12.2. The minimum Gasteiger partial charge on any atom is -0.444 e. The first-order valence-corrected chi connectivity index (χ1v) is 13.0. The molecule has 6 nitrogen and oxygen atoms in total. The minimum absolute atomic E-state index is 0.0203. The number of carbonyl (C=O) groups excluding carboxylic acids is 3. The van der Waals surface area contributed by atoms with Crippen LogP contribution in [0.3, 0.4) is 0 Å². The summed E-state index contributed by atoms with van der Waals surface area (Å²) in [5.41, 5.74) is 2.89. The Morgan fingerprint density at radius 1 is 1.17 bits per heavy atom. The molecule has 2 aromatic rings. The molecule has 2 aliphatic heterocycles. The second-order valence-corrected chi connectivity index (χ2v) is 11.5. The third-order valence-corrected chi connectivity index (χ3v) is 7.94. The number of amides is 2. The van der Waals surface area contributed by atoms with Crippen molar-refractivity contribution >= 4 is 45.6 Å². The largest absolute Gasteiger partial charge is 0.444 e. The molecule has 1 atom stereocenters. The maximum absolute atomic E-state index is 13.8. The molecule has 0 spiro atoms. The maximum Gasteiger partial charge on any atom is 0.410 e. The van der Waals surface area contributed by atoms with Gasteiger partial charge in [0.2, 0.25) is 5.91 Å². The summed E-state index contributed by atoms with van der Waals surface area (Å²) in [5, 5.41) is 0. The van der Waals surface area contributed by atoms with Gasteiger partial charge >= 0.3 is 6.09 Å². The van der Waals surface area contributed by atoms with E-state index in [-0.39, 0.29) is 12.0 Å². The monoisotopic (exact) mass is 540 g/mol. The molecule has 186 valence electrons. The smallest absolute Gasteiger partial charge is 0.410 e. The first-order chi connectivity index (χ1) is 16.5. The molecule has 7 heteroatoms. The number of anilines is 2. The van der Waals surface area contributed by atoms with Crippen LogP contribution in [0.2, 0.25) is 0 Å². The third kappa shape index (κ3) is 4.63. The number of ether oxygens (including phenoxy) is 1. The summed E-state index contributed by atoms with van der Waals surface area (Å²) >= 11 is 3.45. The van der Waals surface area contributed by atoms with Gasteiger partial charge in [0.25, 0.3) is 0 Å². The second kappa shape index (κ2) is 9.41. The summed E-state index contributed by atoms with van der Waals surface area (Å²) in [5.74, 6) is 0.286. The van der Waals surface area contributed by atoms with Crippen LogP contribution in [0.25, 0.3) is 0 Å². The molecule has 0 bridgehead atoms. The van der Waals surface area contributed by atoms with Gasteiger partial charge in [-0.1, -0.05) is 25.1 Å². The van der Waals surface area contributed by atoms with E-state index in [4.69, 9.17) is 4.74 Å². The number of hydrogen-bond acceptors (Lipinski definition) is 4. The molecule has 2 amide bonds. The van der Waals surface area contributed by atoms with E-state index < -0.39 is 11.0 Å². The highest BCUT2D eigenvalue weighted by atomic mass is 79.9. The Kier molecular flexibility index (Phi) is 6.84. The van der Waals surface area contributed by atoms with Crippen molar-refractivity contribution in [2.24, 2.45) is 0 Å². The number of aldehydes is 1. The van der Waals surface area contributed by atoms with E-state index >= 15 is 0 Å². The van der Waals surface area contributed by atoms with E-state index in [9.17, 15) is 14.4 Å². The lowest BCUT2D eigenvalue weighted by atomic mass is 9.79. The van der Waals surface area contributed by atoms with Gasteiger partial charge in [-0.25, -0.2) is 4.79 Å². The van der Waals surface area contributed by atoms with Crippen molar-refractivity contribution in [3.05, 3.63) is 57.6 Å². The van der Waals surface area contributed by atoms with E-state index in [2.05, 4.69) is 28.1 Å². The fraction of sp³-hybridized carbons (Fsp3) is 0.464. The number of nitrogens with zero attached hydrogens (tertiary/aromatic N) is 2. The summed E-state index contributed by atoms with van der Waals surface area (Å²) in [6.45, 7) is 10.9. The number of carbonyl (C=O) groups is 3. The van der Waals surface area contributed by atoms with Crippen molar-refractivity contribution in [3.8, 4) is 0 Å². The minimum atomic E-state index is -0.676. The lowest BCUT2D eigenvalue weighted by Crippen LogP contribution is -2.41. The topological polar surface area (TPSA) is 66.9 Å². The zero-order chi connectivity index (χ0) is 25.5. The Bertz CT molecular complexity index is 1160. The van der Waals surface area contributed by atoms with Gasteiger partial charge in [0.05, 0.1) is 22.4 Å². The van der Waals surface area contributed by atoms with Gasteiger partial charge in [0.15, 0.2) is 6.29 Å². The van der Waals surface area contributed by atoms with Gasteiger partial charge in [-0.05, 0) is 98.1 Å². The maximum atomic E-state index is 13.8. The average molecular weight is 541 g/mol. The first kappa shape index (κ1) is 25.4. The molecule has 1 saturated heterocycles. The fourth-order valence-electron chi connectivity index (χ4n) is 5.06. The molecule has 1 fully saturated rings.